The van der Waals surface area contributed by atoms with Crippen LogP contribution >= 0.6 is 0 Å². The Morgan fingerprint density at radius 3 is 2.20 bits per heavy atom. The fourth-order valence-corrected chi connectivity index (χ4v) is 4.78. The van der Waals surface area contributed by atoms with Crippen molar-refractivity contribution in [2.24, 2.45) is 11.8 Å². The number of Topliss-reactive ketones (excluding diaryl/α,β-unsaturated/α-hetero) is 2. The molecule has 2 aromatic rings. The van der Waals surface area contributed by atoms with Crippen molar-refractivity contribution in [3.63, 3.8) is 0 Å². The molecule has 152 valence electrons. The first-order valence-electron chi connectivity index (χ1n) is 9.16. The normalized spacial score (nSPS) is 19.8. The number of ketones is 2. The SMILES string of the molecule is CC(=O)Nc1ccc(OS(=O)(=O)c2cccc3c2C(=O)C2C=CC=CC2C3=O)cc1. The minimum Gasteiger partial charge on any atom is -0.379 e. The summed E-state index contributed by atoms with van der Waals surface area (Å²) in [6.45, 7) is 1.35. The summed E-state index contributed by atoms with van der Waals surface area (Å²) < 4.78 is 31.1. The van der Waals surface area contributed by atoms with Gasteiger partial charge in [0.15, 0.2) is 11.6 Å². The number of fused-ring (bicyclic) bond motifs is 2. The van der Waals surface area contributed by atoms with Gasteiger partial charge in [-0.25, -0.2) is 0 Å². The van der Waals surface area contributed by atoms with Gasteiger partial charge >= 0.3 is 10.1 Å². The van der Waals surface area contributed by atoms with E-state index in [2.05, 4.69) is 5.32 Å². The summed E-state index contributed by atoms with van der Waals surface area (Å²) in [4.78, 5) is 36.7. The van der Waals surface area contributed by atoms with Crippen molar-refractivity contribution in [2.45, 2.75) is 11.8 Å². The van der Waals surface area contributed by atoms with E-state index in [0.717, 1.165) is 0 Å². The maximum Gasteiger partial charge on any atom is 0.339 e. The Kier molecular flexibility index (Phi) is 4.87. The predicted molar refractivity (Wildman–Crippen MR) is 109 cm³/mol. The Balaban J connectivity index is 1.71. The van der Waals surface area contributed by atoms with E-state index in [1.54, 1.807) is 24.3 Å². The van der Waals surface area contributed by atoms with Crippen molar-refractivity contribution < 1.29 is 27.0 Å². The van der Waals surface area contributed by atoms with E-state index in [-0.39, 0.29) is 33.5 Å². The van der Waals surface area contributed by atoms with Gasteiger partial charge in [-0.05, 0) is 30.3 Å². The van der Waals surface area contributed by atoms with Gasteiger partial charge in [-0.1, -0.05) is 36.4 Å². The molecular weight excluding hydrogens is 406 g/mol. The first-order valence-corrected chi connectivity index (χ1v) is 10.6. The van der Waals surface area contributed by atoms with Crippen LogP contribution < -0.4 is 9.50 Å². The van der Waals surface area contributed by atoms with Crippen LogP contribution in [0.15, 0.2) is 71.7 Å². The Labute approximate surface area is 173 Å². The quantitative estimate of drug-likeness (QED) is 0.757. The lowest BCUT2D eigenvalue weighted by atomic mass is 9.72. The molecule has 30 heavy (non-hydrogen) atoms. The van der Waals surface area contributed by atoms with Crippen LogP contribution in [0.25, 0.3) is 0 Å². The second-order valence-electron chi connectivity index (χ2n) is 6.97. The van der Waals surface area contributed by atoms with E-state index in [4.69, 9.17) is 4.18 Å². The van der Waals surface area contributed by atoms with Crippen LogP contribution in [0.3, 0.4) is 0 Å². The number of carbonyl (C=O) groups excluding carboxylic acids is 3. The largest absolute Gasteiger partial charge is 0.379 e. The lowest BCUT2D eigenvalue weighted by Gasteiger charge is -2.29. The number of anilines is 1. The third kappa shape index (κ3) is 3.46. The van der Waals surface area contributed by atoms with Crippen molar-refractivity contribution in [1.82, 2.24) is 0 Å². The lowest BCUT2D eigenvalue weighted by molar-refractivity contribution is -0.114. The number of benzene rings is 2. The molecule has 2 aliphatic rings. The van der Waals surface area contributed by atoms with Gasteiger partial charge in [0.25, 0.3) is 0 Å². The van der Waals surface area contributed by atoms with Crippen LogP contribution in [0.1, 0.15) is 27.6 Å². The highest BCUT2D eigenvalue weighted by atomic mass is 32.2. The molecule has 0 saturated carbocycles. The summed E-state index contributed by atoms with van der Waals surface area (Å²) in [6.07, 6.45) is 6.63. The number of amides is 1. The van der Waals surface area contributed by atoms with Crippen molar-refractivity contribution in [3.8, 4) is 5.75 Å². The molecule has 7 nitrogen and oxygen atoms in total. The zero-order chi connectivity index (χ0) is 21.5. The summed E-state index contributed by atoms with van der Waals surface area (Å²) in [5.74, 6) is -2.35. The van der Waals surface area contributed by atoms with Gasteiger partial charge in [-0.2, -0.15) is 8.42 Å². The maximum atomic E-state index is 13.1. The Morgan fingerprint density at radius 1 is 0.933 bits per heavy atom. The number of carbonyl (C=O) groups is 3. The fourth-order valence-electron chi connectivity index (χ4n) is 3.62. The average Bonchev–Trinajstić information content (AvgIpc) is 2.72. The molecule has 1 N–H and O–H groups in total. The Morgan fingerprint density at radius 2 is 1.57 bits per heavy atom. The van der Waals surface area contributed by atoms with Gasteiger partial charge in [-0.3, -0.25) is 14.4 Å². The Hall–Kier alpha value is -3.52. The third-order valence-electron chi connectivity index (χ3n) is 4.93. The molecule has 0 fully saturated rings. The van der Waals surface area contributed by atoms with Gasteiger partial charge < -0.3 is 9.50 Å². The summed E-state index contributed by atoms with van der Waals surface area (Å²) in [7, 11) is -4.39. The highest BCUT2D eigenvalue weighted by Gasteiger charge is 2.42. The van der Waals surface area contributed by atoms with Gasteiger partial charge in [-0.15, -0.1) is 0 Å². The number of nitrogens with one attached hydrogen (secondary N) is 1. The van der Waals surface area contributed by atoms with Crippen molar-refractivity contribution >= 4 is 33.3 Å². The summed E-state index contributed by atoms with van der Waals surface area (Å²) in [5.41, 5.74) is 0.416. The third-order valence-corrected chi connectivity index (χ3v) is 6.22. The molecule has 0 spiro atoms. The van der Waals surface area contributed by atoms with Gasteiger partial charge in [0.05, 0.1) is 17.4 Å². The standard InChI is InChI=1S/C22H17NO6S/c1-13(24)23-14-9-11-15(12-10-14)29-30(27,28)19-8-4-7-18-20(19)22(26)17-6-3-2-5-16(17)21(18)25/h2-12,16-17H,1H3,(H,23,24). The molecule has 0 saturated heterocycles. The van der Waals surface area contributed by atoms with E-state index >= 15 is 0 Å². The zero-order valence-electron chi connectivity index (χ0n) is 15.9. The minimum atomic E-state index is -4.39. The second-order valence-corrected chi connectivity index (χ2v) is 8.49. The van der Waals surface area contributed by atoms with E-state index in [0.29, 0.717) is 5.69 Å². The predicted octanol–water partition coefficient (Wildman–Crippen LogP) is 3.15. The topological polar surface area (TPSA) is 107 Å². The summed E-state index contributed by atoms with van der Waals surface area (Å²) in [5, 5.41) is 2.57. The molecule has 0 radical (unpaired) electrons. The monoisotopic (exact) mass is 423 g/mol. The molecule has 2 aliphatic carbocycles. The molecule has 2 unspecified atom stereocenters. The fraction of sp³-hybridized carbons (Fsp3) is 0.136. The van der Waals surface area contributed by atoms with E-state index in [1.165, 1.54) is 49.4 Å². The van der Waals surface area contributed by atoms with Crippen LogP contribution in [0.5, 0.6) is 5.75 Å². The zero-order valence-corrected chi connectivity index (χ0v) is 16.7. The number of hydrogen-bond acceptors (Lipinski definition) is 6. The van der Waals surface area contributed by atoms with Crippen molar-refractivity contribution in [1.29, 1.82) is 0 Å². The van der Waals surface area contributed by atoms with Crippen LogP contribution in [0, 0.1) is 11.8 Å². The number of rotatable bonds is 4. The highest BCUT2D eigenvalue weighted by Crippen LogP contribution is 2.37. The molecule has 0 aromatic heterocycles. The van der Waals surface area contributed by atoms with Crippen molar-refractivity contribution in [2.75, 3.05) is 5.32 Å². The molecule has 8 heteroatoms. The second kappa shape index (κ2) is 7.38. The van der Waals surface area contributed by atoms with Crippen LogP contribution in [0.2, 0.25) is 0 Å². The minimum absolute atomic E-state index is 0.00895. The molecule has 1 amide bonds. The molecule has 4 rings (SSSR count). The smallest absolute Gasteiger partial charge is 0.339 e. The van der Waals surface area contributed by atoms with Gasteiger partial charge in [0, 0.05) is 18.2 Å². The highest BCUT2D eigenvalue weighted by molar-refractivity contribution is 7.87. The molecule has 0 heterocycles. The first-order chi connectivity index (χ1) is 14.3. The molecule has 0 aliphatic heterocycles. The van der Waals surface area contributed by atoms with E-state index < -0.39 is 27.7 Å². The number of hydrogen-bond donors (Lipinski definition) is 1. The van der Waals surface area contributed by atoms with Crippen molar-refractivity contribution in [3.05, 3.63) is 77.9 Å². The maximum absolute atomic E-state index is 13.1. The first kappa shape index (κ1) is 19.8. The van der Waals surface area contributed by atoms with Gasteiger partial charge in [0.2, 0.25) is 5.91 Å². The van der Waals surface area contributed by atoms with Crippen LogP contribution in [-0.2, 0) is 14.9 Å². The molecule has 2 atom stereocenters. The summed E-state index contributed by atoms with van der Waals surface area (Å²) in [6, 6.07) is 9.89. The summed E-state index contributed by atoms with van der Waals surface area (Å²) >= 11 is 0. The van der Waals surface area contributed by atoms with Crippen LogP contribution in [0.4, 0.5) is 5.69 Å². The molecular formula is C22H17NO6S. The molecule has 0 bridgehead atoms. The van der Waals surface area contributed by atoms with Crippen LogP contribution in [-0.4, -0.2) is 25.9 Å². The average molecular weight is 423 g/mol. The van der Waals surface area contributed by atoms with Gasteiger partial charge in [0.1, 0.15) is 10.6 Å². The molecule has 2 aromatic carbocycles. The van der Waals surface area contributed by atoms with E-state index in [9.17, 15) is 22.8 Å². The Bertz CT molecular complexity index is 1220. The lowest BCUT2D eigenvalue weighted by Crippen LogP contribution is -2.36. The van der Waals surface area contributed by atoms with E-state index in [1.807, 2.05) is 0 Å². The number of allylic oxidation sites excluding steroid dienone is 4.